The van der Waals surface area contributed by atoms with Crippen molar-refractivity contribution in [3.63, 3.8) is 0 Å². The molecule has 0 saturated heterocycles. The molecule has 1 saturated carbocycles. The number of carbonyl (C=O) groups is 2. The highest BCUT2D eigenvalue weighted by atomic mass is 16.5. The lowest BCUT2D eigenvalue weighted by Crippen LogP contribution is -2.11. The number of allylic oxidation sites excluding steroid dienone is 2. The van der Waals surface area contributed by atoms with E-state index >= 15 is 0 Å². The molecular formula is C22H25NO5. The van der Waals surface area contributed by atoms with E-state index in [2.05, 4.69) is 12.1 Å². The lowest BCUT2D eigenvalue weighted by Gasteiger charge is -2.16. The van der Waals surface area contributed by atoms with Crippen LogP contribution in [0.4, 0.5) is 0 Å². The summed E-state index contributed by atoms with van der Waals surface area (Å²) in [5.41, 5.74) is 4.18. The van der Waals surface area contributed by atoms with Crippen molar-refractivity contribution in [2.75, 3.05) is 13.7 Å². The van der Waals surface area contributed by atoms with Crippen molar-refractivity contribution < 1.29 is 23.8 Å². The minimum atomic E-state index is -0.452. The number of hydrogen-bond donors (Lipinski definition) is 0. The van der Waals surface area contributed by atoms with Gasteiger partial charge in [0.25, 0.3) is 0 Å². The Labute approximate surface area is 165 Å². The number of rotatable bonds is 6. The third kappa shape index (κ3) is 3.62. The fraction of sp³-hybridized carbons (Fsp3) is 0.500. The van der Waals surface area contributed by atoms with Crippen LogP contribution in [0, 0.1) is 24.2 Å². The maximum absolute atomic E-state index is 12.2. The van der Waals surface area contributed by atoms with Crippen LogP contribution in [0.3, 0.4) is 0 Å². The number of esters is 2. The van der Waals surface area contributed by atoms with Crippen LogP contribution in [0.2, 0.25) is 0 Å². The van der Waals surface area contributed by atoms with E-state index in [0.717, 1.165) is 30.4 Å². The molecule has 0 amide bonds. The second-order valence-corrected chi connectivity index (χ2v) is 7.13. The molecule has 1 heterocycles. The van der Waals surface area contributed by atoms with Gasteiger partial charge in [-0.25, -0.2) is 4.79 Å². The summed E-state index contributed by atoms with van der Waals surface area (Å²) < 4.78 is 15.8. The quantitative estimate of drug-likeness (QED) is 0.549. The Morgan fingerprint density at radius 2 is 2.21 bits per heavy atom. The zero-order valence-electron chi connectivity index (χ0n) is 16.6. The lowest BCUT2D eigenvalue weighted by molar-refractivity contribution is -0.143. The van der Waals surface area contributed by atoms with E-state index in [1.54, 1.807) is 14.0 Å². The highest BCUT2D eigenvalue weighted by molar-refractivity contribution is 5.97. The Morgan fingerprint density at radius 3 is 2.89 bits per heavy atom. The van der Waals surface area contributed by atoms with Gasteiger partial charge in [-0.3, -0.25) is 4.79 Å². The van der Waals surface area contributed by atoms with E-state index in [1.807, 2.05) is 6.92 Å². The molecule has 6 nitrogen and oxygen atoms in total. The molecule has 0 unspecified atom stereocenters. The van der Waals surface area contributed by atoms with Crippen LogP contribution >= 0.6 is 0 Å². The summed E-state index contributed by atoms with van der Waals surface area (Å²) in [6.07, 6.45) is 5.87. The second-order valence-electron chi connectivity index (χ2n) is 7.13. The maximum Gasteiger partial charge on any atom is 0.340 e. The molecule has 28 heavy (non-hydrogen) atoms. The number of nitrogens with zero attached hydrogens (tertiary/aromatic N) is 1. The molecule has 0 N–H and O–H groups in total. The smallest absolute Gasteiger partial charge is 0.340 e. The number of nitriles is 1. The van der Waals surface area contributed by atoms with E-state index in [-0.39, 0.29) is 18.5 Å². The SMILES string of the molecule is CCOC(=O)C[C@@H]1CCC/C1=C\Cc1c(C#N)c2c(c(C)c1OC)COC2=O. The Morgan fingerprint density at radius 1 is 1.43 bits per heavy atom. The van der Waals surface area contributed by atoms with Gasteiger partial charge in [-0.15, -0.1) is 0 Å². The predicted molar refractivity (Wildman–Crippen MR) is 102 cm³/mol. The number of ether oxygens (including phenoxy) is 3. The molecule has 3 rings (SSSR count). The number of cyclic esters (lactones) is 1. The molecule has 1 aromatic rings. The molecule has 1 aliphatic carbocycles. The van der Waals surface area contributed by atoms with Crippen molar-refractivity contribution in [1.29, 1.82) is 5.26 Å². The van der Waals surface area contributed by atoms with E-state index in [1.165, 1.54) is 5.57 Å². The first-order valence-electron chi connectivity index (χ1n) is 9.65. The van der Waals surface area contributed by atoms with Gasteiger partial charge in [-0.05, 0) is 51.0 Å². The highest BCUT2D eigenvalue weighted by Crippen LogP contribution is 2.39. The predicted octanol–water partition coefficient (Wildman–Crippen LogP) is 3.77. The average Bonchev–Trinajstić information content (AvgIpc) is 3.27. The van der Waals surface area contributed by atoms with Gasteiger partial charge in [-0.1, -0.05) is 11.6 Å². The minimum Gasteiger partial charge on any atom is -0.496 e. The first-order chi connectivity index (χ1) is 13.5. The standard InChI is InChI=1S/C22H25NO5/c1-4-27-19(24)10-15-7-5-6-14(15)8-9-16-17(11-23)20-18(12-28-22(20)25)13(2)21(16)26-3/h8,15H,4-7,9-10,12H2,1-3H3/b14-8+/t15-/m0/s1. The molecule has 0 radical (unpaired) electrons. The average molecular weight is 383 g/mol. The Kier molecular flexibility index (Phi) is 6.03. The van der Waals surface area contributed by atoms with Gasteiger partial charge in [0.05, 0.1) is 31.3 Å². The number of benzene rings is 1. The largest absolute Gasteiger partial charge is 0.496 e. The molecule has 1 aliphatic heterocycles. The zero-order valence-corrected chi connectivity index (χ0v) is 16.6. The van der Waals surface area contributed by atoms with Gasteiger partial charge in [0.1, 0.15) is 18.4 Å². The molecule has 0 aromatic heterocycles. The summed E-state index contributed by atoms with van der Waals surface area (Å²) in [6.45, 7) is 4.25. The molecule has 1 atom stereocenters. The van der Waals surface area contributed by atoms with Crippen molar-refractivity contribution in [2.45, 2.75) is 52.6 Å². The summed E-state index contributed by atoms with van der Waals surface area (Å²) in [5.74, 6) is 0.181. The zero-order chi connectivity index (χ0) is 20.3. The van der Waals surface area contributed by atoms with Crippen molar-refractivity contribution in [2.24, 2.45) is 5.92 Å². The number of methoxy groups -OCH3 is 1. The fourth-order valence-electron chi connectivity index (χ4n) is 4.27. The fourth-order valence-corrected chi connectivity index (χ4v) is 4.27. The molecule has 1 fully saturated rings. The van der Waals surface area contributed by atoms with Crippen molar-refractivity contribution in [1.82, 2.24) is 0 Å². The first kappa shape index (κ1) is 19.9. The van der Waals surface area contributed by atoms with E-state index in [0.29, 0.717) is 41.9 Å². The van der Waals surface area contributed by atoms with Gasteiger partial charge in [0.15, 0.2) is 0 Å². The van der Waals surface area contributed by atoms with Crippen LogP contribution in [0.15, 0.2) is 11.6 Å². The third-order valence-corrected chi connectivity index (χ3v) is 5.62. The third-order valence-electron chi connectivity index (χ3n) is 5.62. The summed E-state index contributed by atoms with van der Waals surface area (Å²) in [5, 5.41) is 9.74. The second kappa shape index (κ2) is 8.47. The van der Waals surface area contributed by atoms with Crippen molar-refractivity contribution in [3.05, 3.63) is 39.5 Å². The summed E-state index contributed by atoms with van der Waals surface area (Å²) >= 11 is 0. The van der Waals surface area contributed by atoms with Crippen LogP contribution < -0.4 is 4.74 Å². The topological polar surface area (TPSA) is 85.6 Å². The molecule has 148 valence electrons. The van der Waals surface area contributed by atoms with Crippen molar-refractivity contribution in [3.8, 4) is 11.8 Å². The number of carbonyl (C=O) groups excluding carboxylic acids is 2. The Hall–Kier alpha value is -2.81. The van der Waals surface area contributed by atoms with E-state index in [4.69, 9.17) is 14.2 Å². The van der Waals surface area contributed by atoms with Crippen molar-refractivity contribution >= 4 is 11.9 Å². The molecule has 1 aromatic carbocycles. The van der Waals surface area contributed by atoms with Gasteiger partial charge in [-0.2, -0.15) is 5.26 Å². The molecule has 6 heteroatoms. The molecular weight excluding hydrogens is 358 g/mol. The van der Waals surface area contributed by atoms with Gasteiger partial charge < -0.3 is 14.2 Å². The monoisotopic (exact) mass is 383 g/mol. The van der Waals surface area contributed by atoms with Gasteiger partial charge >= 0.3 is 11.9 Å². The summed E-state index contributed by atoms with van der Waals surface area (Å²) in [7, 11) is 1.57. The van der Waals surface area contributed by atoms with Crippen LogP contribution in [-0.4, -0.2) is 25.7 Å². The number of fused-ring (bicyclic) bond motifs is 1. The van der Waals surface area contributed by atoms with E-state index < -0.39 is 5.97 Å². The summed E-state index contributed by atoms with van der Waals surface area (Å²) in [4.78, 5) is 24.0. The van der Waals surface area contributed by atoms with Gasteiger partial charge in [0.2, 0.25) is 0 Å². The van der Waals surface area contributed by atoms with E-state index in [9.17, 15) is 14.9 Å². The number of hydrogen-bond acceptors (Lipinski definition) is 6. The molecule has 0 bridgehead atoms. The highest BCUT2D eigenvalue weighted by Gasteiger charge is 2.32. The minimum absolute atomic E-state index is 0.174. The molecule has 2 aliphatic rings. The molecule has 0 spiro atoms. The maximum atomic E-state index is 12.2. The van der Waals surface area contributed by atoms with Crippen LogP contribution in [0.5, 0.6) is 5.75 Å². The summed E-state index contributed by atoms with van der Waals surface area (Å²) in [6, 6.07) is 2.18. The lowest BCUT2D eigenvalue weighted by atomic mass is 9.89. The first-order valence-corrected chi connectivity index (χ1v) is 9.65. The van der Waals surface area contributed by atoms with Gasteiger partial charge in [0, 0.05) is 11.1 Å². The normalized spacial score (nSPS) is 19.3. The van der Waals surface area contributed by atoms with Crippen LogP contribution in [0.25, 0.3) is 0 Å². The van der Waals surface area contributed by atoms with Crippen LogP contribution in [0.1, 0.15) is 65.2 Å². The van der Waals surface area contributed by atoms with Crippen LogP contribution in [-0.2, 0) is 27.3 Å². The Bertz CT molecular complexity index is 878. The Balaban J connectivity index is 1.94.